The molecule has 5 atom stereocenters. The molecule has 2 aromatic carbocycles. The first-order valence-electron chi connectivity index (χ1n) is 16.6. The van der Waals surface area contributed by atoms with Crippen molar-refractivity contribution >= 4 is 5.97 Å². The van der Waals surface area contributed by atoms with Crippen molar-refractivity contribution in [2.24, 2.45) is 11.3 Å². The number of phenolic OH excluding ortho intramolecular Hbond substituents is 3. The number of methoxy groups -OCH3 is 1. The van der Waals surface area contributed by atoms with Gasteiger partial charge in [-0.1, -0.05) is 45.1 Å². The number of hydrogen-bond donors (Lipinski definition) is 3. The second kappa shape index (κ2) is 14.3. The molecule has 0 amide bonds. The highest BCUT2D eigenvalue weighted by Gasteiger charge is 2.42. The Morgan fingerprint density at radius 3 is 2.52 bits per heavy atom. The summed E-state index contributed by atoms with van der Waals surface area (Å²) in [5, 5.41) is 31.7. The first-order valence-corrected chi connectivity index (χ1v) is 16.6. The molecule has 242 valence electrons. The van der Waals surface area contributed by atoms with Crippen LogP contribution >= 0.6 is 0 Å². The highest BCUT2D eigenvalue weighted by atomic mass is 16.6. The molecule has 1 saturated heterocycles. The fourth-order valence-electron chi connectivity index (χ4n) is 7.90. The van der Waals surface area contributed by atoms with Crippen LogP contribution in [0.3, 0.4) is 0 Å². The highest BCUT2D eigenvalue weighted by Crippen LogP contribution is 2.52. The molecule has 2 aliphatic carbocycles. The first kappa shape index (κ1) is 32.3. The standard InChI is InChI=1S/C36H50O8/c1-4-5-6-9-25(16-24-10-11-29(38)33(17-24)41-3)31-20-28(42-23(2)37)21-32(44-31)26-18-30(39)35(40)34(19-26)43-27-12-15-36(22-27)13-7-8-14-36/h10-11,17-19,25,27-28,31-32,38-40H,4-9,12-16,20-22H2,1-3H3/t25-,27-,28-,31-,32+/m1/s1. The Morgan fingerprint density at radius 2 is 1.80 bits per heavy atom. The van der Waals surface area contributed by atoms with Crippen LogP contribution < -0.4 is 9.47 Å². The predicted octanol–water partition coefficient (Wildman–Crippen LogP) is 7.89. The van der Waals surface area contributed by atoms with Crippen LogP contribution in [0.25, 0.3) is 0 Å². The number of benzene rings is 2. The quantitative estimate of drug-likeness (QED) is 0.126. The maximum Gasteiger partial charge on any atom is 0.302 e. The molecule has 0 radical (unpaired) electrons. The molecule has 0 unspecified atom stereocenters. The molecule has 2 saturated carbocycles. The van der Waals surface area contributed by atoms with Gasteiger partial charge in [0.15, 0.2) is 23.0 Å². The Hall–Kier alpha value is -3.13. The number of ether oxygens (including phenoxy) is 4. The van der Waals surface area contributed by atoms with Crippen LogP contribution in [0.2, 0.25) is 0 Å². The molecule has 1 spiro atoms. The number of carbonyl (C=O) groups excluding carboxylic acids is 1. The average Bonchev–Trinajstić information content (AvgIpc) is 3.63. The van der Waals surface area contributed by atoms with Gasteiger partial charge < -0.3 is 34.3 Å². The minimum absolute atomic E-state index is 0.00714. The Kier molecular flexibility index (Phi) is 10.5. The van der Waals surface area contributed by atoms with E-state index in [1.807, 2.05) is 12.1 Å². The summed E-state index contributed by atoms with van der Waals surface area (Å²) in [7, 11) is 1.54. The van der Waals surface area contributed by atoms with Crippen molar-refractivity contribution in [3.63, 3.8) is 0 Å². The highest BCUT2D eigenvalue weighted by molar-refractivity contribution is 5.66. The van der Waals surface area contributed by atoms with Crippen molar-refractivity contribution in [2.75, 3.05) is 7.11 Å². The second-order valence-electron chi connectivity index (χ2n) is 13.4. The Morgan fingerprint density at radius 1 is 1.00 bits per heavy atom. The SMILES string of the molecule is CCCCC[C@H](Cc1ccc(O)c(OC)c1)[C@H]1C[C@@H](OC(C)=O)C[C@@H](c2cc(O)c(O)c(O[C@@H]3CCC4(CCCC4)C3)c2)O1. The Bertz CT molecular complexity index is 1270. The van der Waals surface area contributed by atoms with Crippen molar-refractivity contribution in [1.82, 2.24) is 0 Å². The van der Waals surface area contributed by atoms with Crippen LogP contribution in [0.1, 0.15) is 115 Å². The van der Waals surface area contributed by atoms with Crippen LogP contribution in [0.15, 0.2) is 30.3 Å². The summed E-state index contributed by atoms with van der Waals surface area (Å²) >= 11 is 0. The van der Waals surface area contributed by atoms with E-state index in [2.05, 4.69) is 6.92 Å². The van der Waals surface area contributed by atoms with Gasteiger partial charge in [-0.2, -0.15) is 0 Å². The lowest BCUT2D eigenvalue weighted by Gasteiger charge is -2.39. The van der Waals surface area contributed by atoms with Crippen molar-refractivity contribution in [3.05, 3.63) is 41.5 Å². The van der Waals surface area contributed by atoms with E-state index in [4.69, 9.17) is 18.9 Å². The third-order valence-corrected chi connectivity index (χ3v) is 10.2. The summed E-state index contributed by atoms with van der Waals surface area (Å²) in [5.74, 6) is 0.122. The number of hydrogen-bond acceptors (Lipinski definition) is 8. The molecule has 0 aromatic heterocycles. The third kappa shape index (κ3) is 7.74. The van der Waals surface area contributed by atoms with E-state index in [0.29, 0.717) is 36.0 Å². The molecule has 3 aliphatic rings. The molecule has 2 aromatic rings. The fraction of sp³-hybridized carbons (Fsp3) is 0.639. The number of aromatic hydroxyl groups is 3. The molecule has 44 heavy (non-hydrogen) atoms. The molecule has 8 heteroatoms. The van der Waals surface area contributed by atoms with Gasteiger partial charge in [0.1, 0.15) is 6.10 Å². The largest absolute Gasteiger partial charge is 0.504 e. The van der Waals surface area contributed by atoms with E-state index >= 15 is 0 Å². The van der Waals surface area contributed by atoms with Crippen LogP contribution in [-0.2, 0) is 20.7 Å². The first-order chi connectivity index (χ1) is 21.2. The summed E-state index contributed by atoms with van der Waals surface area (Å²) in [6, 6.07) is 8.78. The van der Waals surface area contributed by atoms with Crippen molar-refractivity contribution in [2.45, 2.75) is 128 Å². The normalized spacial score (nSPS) is 25.2. The van der Waals surface area contributed by atoms with Gasteiger partial charge >= 0.3 is 5.97 Å². The second-order valence-corrected chi connectivity index (χ2v) is 13.4. The summed E-state index contributed by atoms with van der Waals surface area (Å²) in [6.07, 6.45) is 13.0. The van der Waals surface area contributed by atoms with Crippen LogP contribution in [0.5, 0.6) is 28.7 Å². The summed E-state index contributed by atoms with van der Waals surface area (Å²) < 4.78 is 24.3. The lowest BCUT2D eigenvalue weighted by Crippen LogP contribution is -2.39. The van der Waals surface area contributed by atoms with Gasteiger partial charge in [-0.05, 0) is 91.7 Å². The van der Waals surface area contributed by atoms with Crippen molar-refractivity contribution < 1.29 is 39.1 Å². The maximum atomic E-state index is 12.1. The Balaban J connectivity index is 1.39. The molecular weight excluding hydrogens is 560 g/mol. The van der Waals surface area contributed by atoms with Crippen LogP contribution in [0.4, 0.5) is 0 Å². The zero-order chi connectivity index (χ0) is 31.3. The molecular formula is C36H50O8. The molecule has 1 heterocycles. The van der Waals surface area contributed by atoms with Gasteiger partial charge in [0, 0.05) is 19.8 Å². The molecule has 5 rings (SSSR count). The van der Waals surface area contributed by atoms with Crippen LogP contribution in [0, 0.1) is 11.3 Å². The average molecular weight is 611 g/mol. The summed E-state index contributed by atoms with van der Waals surface area (Å²) in [4.78, 5) is 12.1. The van der Waals surface area contributed by atoms with Gasteiger partial charge in [0.2, 0.25) is 5.75 Å². The maximum absolute atomic E-state index is 12.1. The lowest BCUT2D eigenvalue weighted by molar-refractivity contribution is -0.165. The molecule has 0 bridgehead atoms. The van der Waals surface area contributed by atoms with E-state index in [0.717, 1.165) is 50.5 Å². The lowest BCUT2D eigenvalue weighted by atomic mass is 9.83. The van der Waals surface area contributed by atoms with Gasteiger partial charge in [-0.25, -0.2) is 0 Å². The van der Waals surface area contributed by atoms with Gasteiger partial charge in [0.25, 0.3) is 0 Å². The van der Waals surface area contributed by atoms with E-state index in [-0.39, 0.29) is 53.2 Å². The van der Waals surface area contributed by atoms with E-state index in [1.165, 1.54) is 32.6 Å². The zero-order valence-electron chi connectivity index (χ0n) is 26.6. The van der Waals surface area contributed by atoms with Gasteiger partial charge in [-0.15, -0.1) is 0 Å². The third-order valence-electron chi connectivity index (χ3n) is 10.2. The van der Waals surface area contributed by atoms with E-state index in [1.54, 1.807) is 25.3 Å². The zero-order valence-corrected chi connectivity index (χ0v) is 26.6. The van der Waals surface area contributed by atoms with Gasteiger partial charge in [-0.3, -0.25) is 4.79 Å². The van der Waals surface area contributed by atoms with E-state index < -0.39 is 6.10 Å². The number of unbranched alkanes of at least 4 members (excludes halogenated alkanes) is 2. The molecule has 3 fully saturated rings. The van der Waals surface area contributed by atoms with Crippen molar-refractivity contribution in [3.8, 4) is 28.7 Å². The number of carbonyl (C=O) groups is 1. The predicted molar refractivity (Wildman–Crippen MR) is 167 cm³/mol. The monoisotopic (exact) mass is 610 g/mol. The van der Waals surface area contributed by atoms with Crippen LogP contribution in [-0.4, -0.2) is 46.7 Å². The number of phenols is 3. The van der Waals surface area contributed by atoms with Gasteiger partial charge in [0.05, 0.1) is 25.4 Å². The van der Waals surface area contributed by atoms with E-state index in [9.17, 15) is 20.1 Å². The van der Waals surface area contributed by atoms with Crippen molar-refractivity contribution in [1.29, 1.82) is 0 Å². The minimum Gasteiger partial charge on any atom is -0.504 e. The topological polar surface area (TPSA) is 115 Å². The number of rotatable bonds is 12. The smallest absolute Gasteiger partial charge is 0.302 e. The Labute approximate surface area is 261 Å². The molecule has 3 N–H and O–H groups in total. The summed E-state index contributed by atoms with van der Waals surface area (Å²) in [5.41, 5.74) is 2.10. The minimum atomic E-state index is -0.459. The summed E-state index contributed by atoms with van der Waals surface area (Å²) in [6.45, 7) is 3.61. The molecule has 8 nitrogen and oxygen atoms in total. The number of esters is 1. The molecule has 1 aliphatic heterocycles. The fourth-order valence-corrected chi connectivity index (χ4v) is 7.90.